The van der Waals surface area contributed by atoms with Gasteiger partial charge in [-0.25, -0.2) is 0 Å². The Balaban J connectivity index is 2.04. The molecule has 1 aromatic rings. The van der Waals surface area contributed by atoms with Crippen molar-refractivity contribution in [3.8, 4) is 5.75 Å². The summed E-state index contributed by atoms with van der Waals surface area (Å²) in [5.41, 5.74) is 0.692. The van der Waals surface area contributed by atoms with E-state index in [9.17, 15) is 15.0 Å². The maximum atomic E-state index is 12.1. The highest BCUT2D eigenvalue weighted by Crippen LogP contribution is 2.12. The van der Waals surface area contributed by atoms with E-state index in [1.54, 1.807) is 24.3 Å². The molecule has 0 aromatic heterocycles. The summed E-state index contributed by atoms with van der Waals surface area (Å²) in [5, 5.41) is 21.7. The third kappa shape index (κ3) is 13.1. The maximum absolute atomic E-state index is 12.1. The molecule has 0 saturated heterocycles. The van der Waals surface area contributed by atoms with Gasteiger partial charge in [0.1, 0.15) is 5.75 Å². The standard InChI is InChI=1S/C24H40N2O3/c1-2-3-4-5-6-7-8-9-10-11-12-13-17-25-24(29)23(20-27)26-19-21-15-14-16-22(28)18-21/h14-16,18-19,23,27-28H,2-13,17,20H2,1H3,(H,25,29)/b26-19+/t23-/m0/s1. The number of aliphatic hydroxyl groups excluding tert-OH is 1. The molecular formula is C24H40N2O3. The summed E-state index contributed by atoms with van der Waals surface area (Å²) in [5.74, 6) is -0.113. The van der Waals surface area contributed by atoms with E-state index in [-0.39, 0.29) is 18.3 Å². The van der Waals surface area contributed by atoms with Crippen LogP contribution in [0.4, 0.5) is 0 Å². The predicted molar refractivity (Wildman–Crippen MR) is 121 cm³/mol. The van der Waals surface area contributed by atoms with Gasteiger partial charge in [0, 0.05) is 12.8 Å². The molecule has 0 aliphatic carbocycles. The Morgan fingerprint density at radius 2 is 1.59 bits per heavy atom. The number of benzene rings is 1. The number of aromatic hydroxyl groups is 1. The molecule has 0 spiro atoms. The second-order valence-corrected chi connectivity index (χ2v) is 7.75. The molecule has 1 rings (SSSR count). The monoisotopic (exact) mass is 404 g/mol. The van der Waals surface area contributed by atoms with Crippen molar-refractivity contribution in [2.24, 2.45) is 4.99 Å². The summed E-state index contributed by atoms with van der Waals surface area (Å²) in [6, 6.07) is 5.81. The zero-order valence-electron chi connectivity index (χ0n) is 18.1. The van der Waals surface area contributed by atoms with Crippen LogP contribution in [0.3, 0.4) is 0 Å². The quantitative estimate of drug-likeness (QED) is 0.253. The fourth-order valence-corrected chi connectivity index (χ4v) is 3.27. The van der Waals surface area contributed by atoms with Crippen molar-refractivity contribution in [1.82, 2.24) is 5.32 Å². The molecule has 1 amide bonds. The number of unbranched alkanes of at least 4 members (excludes halogenated alkanes) is 11. The van der Waals surface area contributed by atoms with Gasteiger partial charge in [0.2, 0.25) is 5.91 Å². The Bertz CT molecular complexity index is 575. The van der Waals surface area contributed by atoms with Crippen LogP contribution in [0.1, 0.15) is 89.5 Å². The lowest BCUT2D eigenvalue weighted by Crippen LogP contribution is -2.36. The number of nitrogens with one attached hydrogen (secondary N) is 1. The second-order valence-electron chi connectivity index (χ2n) is 7.75. The molecule has 0 fully saturated rings. The number of phenolic OH excluding ortho intramolecular Hbond substituents is 1. The van der Waals surface area contributed by atoms with Crippen LogP contribution in [-0.2, 0) is 4.79 Å². The first kappa shape index (κ1) is 25.2. The van der Waals surface area contributed by atoms with Gasteiger partial charge in [0.05, 0.1) is 6.61 Å². The average molecular weight is 405 g/mol. The molecule has 0 saturated carbocycles. The number of nitrogens with zero attached hydrogens (tertiary/aromatic N) is 1. The average Bonchev–Trinajstić information content (AvgIpc) is 2.72. The van der Waals surface area contributed by atoms with E-state index in [0.717, 1.165) is 12.8 Å². The van der Waals surface area contributed by atoms with Gasteiger partial charge >= 0.3 is 0 Å². The molecule has 29 heavy (non-hydrogen) atoms. The third-order valence-electron chi connectivity index (χ3n) is 5.08. The van der Waals surface area contributed by atoms with E-state index in [1.807, 2.05) is 0 Å². The topological polar surface area (TPSA) is 81.9 Å². The van der Waals surface area contributed by atoms with E-state index in [2.05, 4.69) is 17.2 Å². The Hall–Kier alpha value is -1.88. The van der Waals surface area contributed by atoms with Crippen molar-refractivity contribution < 1.29 is 15.0 Å². The summed E-state index contributed by atoms with van der Waals surface area (Å²) in [6.45, 7) is 2.54. The lowest BCUT2D eigenvalue weighted by molar-refractivity contribution is -0.123. The first-order chi connectivity index (χ1) is 14.2. The second kappa shape index (κ2) is 17.0. The van der Waals surface area contributed by atoms with Crippen LogP contribution >= 0.6 is 0 Å². The smallest absolute Gasteiger partial charge is 0.247 e. The molecule has 0 unspecified atom stereocenters. The van der Waals surface area contributed by atoms with Crippen LogP contribution in [-0.4, -0.2) is 41.5 Å². The number of aliphatic hydroxyl groups is 1. The lowest BCUT2D eigenvalue weighted by atomic mass is 10.1. The van der Waals surface area contributed by atoms with Crippen molar-refractivity contribution in [1.29, 1.82) is 0 Å². The van der Waals surface area contributed by atoms with Gasteiger partial charge in [-0.05, 0) is 24.1 Å². The van der Waals surface area contributed by atoms with Crippen LogP contribution in [0.15, 0.2) is 29.3 Å². The summed E-state index contributed by atoms with van der Waals surface area (Å²) in [4.78, 5) is 16.3. The van der Waals surface area contributed by atoms with Crippen molar-refractivity contribution >= 4 is 12.1 Å². The molecule has 1 atom stereocenters. The summed E-state index contributed by atoms with van der Waals surface area (Å²) in [7, 11) is 0. The van der Waals surface area contributed by atoms with E-state index in [4.69, 9.17) is 0 Å². The predicted octanol–water partition coefficient (Wildman–Crippen LogP) is 4.99. The van der Waals surface area contributed by atoms with E-state index in [0.29, 0.717) is 12.1 Å². The Morgan fingerprint density at radius 3 is 2.14 bits per heavy atom. The van der Waals surface area contributed by atoms with Crippen LogP contribution in [0.25, 0.3) is 0 Å². The first-order valence-electron chi connectivity index (χ1n) is 11.4. The van der Waals surface area contributed by atoms with E-state index in [1.165, 1.54) is 70.4 Å². The molecule has 164 valence electrons. The number of phenols is 1. The van der Waals surface area contributed by atoms with Gasteiger partial charge in [-0.15, -0.1) is 0 Å². The number of rotatable bonds is 17. The minimum atomic E-state index is -0.810. The van der Waals surface area contributed by atoms with Gasteiger partial charge in [-0.3, -0.25) is 9.79 Å². The number of amides is 1. The van der Waals surface area contributed by atoms with Crippen LogP contribution in [0.2, 0.25) is 0 Å². The molecule has 0 heterocycles. The van der Waals surface area contributed by atoms with Gasteiger partial charge in [0.25, 0.3) is 0 Å². The van der Waals surface area contributed by atoms with Crippen LogP contribution in [0.5, 0.6) is 5.75 Å². The number of hydrogen-bond acceptors (Lipinski definition) is 4. The van der Waals surface area contributed by atoms with E-state index < -0.39 is 6.04 Å². The molecule has 5 heteroatoms. The molecule has 1 aromatic carbocycles. The Kier molecular flexibility index (Phi) is 14.8. The molecule has 0 bridgehead atoms. The Labute approximate surface area is 176 Å². The largest absolute Gasteiger partial charge is 0.508 e. The van der Waals surface area contributed by atoms with Gasteiger partial charge in [-0.2, -0.15) is 0 Å². The zero-order chi connectivity index (χ0) is 21.2. The van der Waals surface area contributed by atoms with Crippen LogP contribution < -0.4 is 5.32 Å². The summed E-state index contributed by atoms with van der Waals surface area (Å²) >= 11 is 0. The molecule has 0 aliphatic rings. The fourth-order valence-electron chi connectivity index (χ4n) is 3.27. The third-order valence-corrected chi connectivity index (χ3v) is 5.08. The van der Waals surface area contributed by atoms with Gasteiger partial charge in [-0.1, -0.05) is 89.7 Å². The van der Waals surface area contributed by atoms with Gasteiger partial charge < -0.3 is 15.5 Å². The molecule has 5 nitrogen and oxygen atoms in total. The highest BCUT2D eigenvalue weighted by atomic mass is 16.3. The highest BCUT2D eigenvalue weighted by molar-refractivity contribution is 5.87. The van der Waals surface area contributed by atoms with Crippen molar-refractivity contribution in [3.05, 3.63) is 29.8 Å². The summed E-state index contributed by atoms with van der Waals surface area (Å²) < 4.78 is 0. The van der Waals surface area contributed by atoms with Crippen molar-refractivity contribution in [2.75, 3.05) is 13.2 Å². The van der Waals surface area contributed by atoms with E-state index >= 15 is 0 Å². The maximum Gasteiger partial charge on any atom is 0.247 e. The first-order valence-corrected chi connectivity index (χ1v) is 11.4. The van der Waals surface area contributed by atoms with Crippen molar-refractivity contribution in [3.63, 3.8) is 0 Å². The molecule has 0 aliphatic heterocycles. The number of carbonyl (C=O) groups excluding carboxylic acids is 1. The molecular weight excluding hydrogens is 364 g/mol. The minimum Gasteiger partial charge on any atom is -0.508 e. The number of aliphatic imine (C=N–C) groups is 1. The highest BCUT2D eigenvalue weighted by Gasteiger charge is 2.14. The minimum absolute atomic E-state index is 0.144. The molecule has 0 radical (unpaired) electrons. The van der Waals surface area contributed by atoms with Crippen molar-refractivity contribution in [2.45, 2.75) is 90.0 Å². The Morgan fingerprint density at radius 1 is 1.00 bits per heavy atom. The fraction of sp³-hybridized carbons (Fsp3) is 0.667. The lowest BCUT2D eigenvalue weighted by Gasteiger charge is -2.10. The van der Waals surface area contributed by atoms with Gasteiger partial charge in [0.15, 0.2) is 6.04 Å². The normalized spacial score (nSPS) is 12.3. The van der Waals surface area contributed by atoms with Crippen LogP contribution in [0, 0.1) is 0 Å². The number of hydrogen-bond donors (Lipinski definition) is 3. The SMILES string of the molecule is CCCCCCCCCCCCCCNC(=O)[C@H](CO)/N=C/c1cccc(O)c1. The number of carbonyl (C=O) groups is 1. The zero-order valence-corrected chi connectivity index (χ0v) is 18.1. The summed E-state index contributed by atoms with van der Waals surface area (Å²) in [6.07, 6.45) is 16.9. The molecule has 3 N–H and O–H groups in total.